The van der Waals surface area contributed by atoms with Crippen LogP contribution in [0.2, 0.25) is 4.34 Å². The number of thiazole rings is 1. The standard InChI is InChI=1S/C19H23ClN2O2S/c1-12-7-8-15(13(2)11-12)17-18(20)25-19(21-17)22(10-9-16(23)24)14-5-3-4-6-14/h7-8,11,14H,3-6,9-10H2,1-2H3,(H,23,24). The number of hydrogen-bond acceptors (Lipinski definition) is 4. The molecule has 1 aromatic carbocycles. The van der Waals surface area contributed by atoms with Crippen LogP contribution in [0.3, 0.4) is 0 Å². The summed E-state index contributed by atoms with van der Waals surface area (Å²) in [5, 5.41) is 9.92. The molecule has 1 N–H and O–H groups in total. The molecule has 1 aromatic heterocycles. The van der Waals surface area contributed by atoms with E-state index in [-0.39, 0.29) is 6.42 Å². The Labute approximate surface area is 157 Å². The topological polar surface area (TPSA) is 53.4 Å². The molecule has 0 bridgehead atoms. The van der Waals surface area contributed by atoms with Crippen molar-refractivity contribution in [2.24, 2.45) is 0 Å². The molecule has 6 heteroatoms. The van der Waals surface area contributed by atoms with Crippen LogP contribution < -0.4 is 4.90 Å². The molecule has 25 heavy (non-hydrogen) atoms. The van der Waals surface area contributed by atoms with E-state index in [2.05, 4.69) is 36.9 Å². The molecular weight excluding hydrogens is 356 g/mol. The molecule has 0 spiro atoms. The number of aliphatic carboxylic acids is 1. The number of benzene rings is 1. The first kappa shape index (κ1) is 18.2. The molecular formula is C19H23ClN2O2S. The number of aryl methyl sites for hydroxylation is 2. The van der Waals surface area contributed by atoms with Gasteiger partial charge in [-0.3, -0.25) is 4.79 Å². The summed E-state index contributed by atoms with van der Waals surface area (Å²) < 4.78 is 0.667. The van der Waals surface area contributed by atoms with E-state index in [0.717, 1.165) is 34.8 Å². The van der Waals surface area contributed by atoms with Crippen molar-refractivity contribution in [1.29, 1.82) is 0 Å². The van der Waals surface area contributed by atoms with Gasteiger partial charge in [0.25, 0.3) is 0 Å². The predicted octanol–water partition coefficient (Wildman–Crippen LogP) is 5.30. The highest BCUT2D eigenvalue weighted by atomic mass is 35.5. The molecule has 4 nitrogen and oxygen atoms in total. The molecule has 1 heterocycles. The number of halogens is 1. The second-order valence-corrected chi connectivity index (χ2v) is 8.29. The fourth-order valence-corrected chi connectivity index (χ4v) is 4.78. The van der Waals surface area contributed by atoms with Gasteiger partial charge < -0.3 is 10.0 Å². The predicted molar refractivity (Wildman–Crippen MR) is 104 cm³/mol. The van der Waals surface area contributed by atoms with E-state index < -0.39 is 5.97 Å². The fourth-order valence-electron chi connectivity index (χ4n) is 3.53. The number of nitrogens with zero attached hydrogens (tertiary/aromatic N) is 2. The number of carboxylic acid groups (broad SMARTS) is 1. The maximum atomic E-state index is 11.1. The Hall–Kier alpha value is -1.59. The molecule has 0 amide bonds. The fraction of sp³-hybridized carbons (Fsp3) is 0.474. The van der Waals surface area contributed by atoms with Crippen molar-refractivity contribution in [3.05, 3.63) is 33.7 Å². The highest BCUT2D eigenvalue weighted by Crippen LogP contribution is 2.40. The molecule has 1 aliphatic carbocycles. The lowest BCUT2D eigenvalue weighted by Crippen LogP contribution is -2.35. The average Bonchev–Trinajstić information content (AvgIpc) is 3.18. The van der Waals surface area contributed by atoms with Gasteiger partial charge in [-0.25, -0.2) is 4.98 Å². The summed E-state index contributed by atoms with van der Waals surface area (Å²) in [6.07, 6.45) is 4.69. The Balaban J connectivity index is 1.93. The van der Waals surface area contributed by atoms with Gasteiger partial charge >= 0.3 is 5.97 Å². The average molecular weight is 379 g/mol. The normalized spacial score (nSPS) is 14.8. The lowest BCUT2D eigenvalue weighted by molar-refractivity contribution is -0.136. The third-order valence-electron chi connectivity index (χ3n) is 4.79. The SMILES string of the molecule is Cc1ccc(-c2nc(N(CCC(=O)O)C3CCCC3)sc2Cl)c(C)c1. The molecule has 0 unspecified atom stereocenters. The van der Waals surface area contributed by atoms with Crippen LogP contribution in [0, 0.1) is 13.8 Å². The zero-order valence-corrected chi connectivity index (χ0v) is 16.2. The number of anilines is 1. The van der Waals surface area contributed by atoms with E-state index in [1.165, 1.54) is 29.7 Å². The van der Waals surface area contributed by atoms with Gasteiger partial charge in [0.1, 0.15) is 10.0 Å². The van der Waals surface area contributed by atoms with Crippen molar-refractivity contribution in [3.8, 4) is 11.3 Å². The summed E-state index contributed by atoms with van der Waals surface area (Å²) in [6.45, 7) is 4.62. The Kier molecular flexibility index (Phi) is 5.64. The summed E-state index contributed by atoms with van der Waals surface area (Å²) in [5.41, 5.74) is 4.21. The van der Waals surface area contributed by atoms with Gasteiger partial charge in [0.05, 0.1) is 6.42 Å². The molecule has 1 fully saturated rings. The number of hydrogen-bond donors (Lipinski definition) is 1. The van der Waals surface area contributed by atoms with Crippen LogP contribution in [0.1, 0.15) is 43.2 Å². The molecule has 0 radical (unpaired) electrons. The van der Waals surface area contributed by atoms with Gasteiger partial charge in [-0.1, -0.05) is 59.5 Å². The Morgan fingerprint density at radius 1 is 1.36 bits per heavy atom. The van der Waals surface area contributed by atoms with Crippen molar-refractivity contribution >= 4 is 34.0 Å². The number of carboxylic acids is 1. The van der Waals surface area contributed by atoms with Crippen molar-refractivity contribution < 1.29 is 9.90 Å². The minimum atomic E-state index is -0.778. The van der Waals surface area contributed by atoms with Gasteiger partial charge in [-0.15, -0.1) is 0 Å². The molecule has 3 rings (SSSR count). The van der Waals surface area contributed by atoms with Gasteiger partial charge in [-0.2, -0.15) is 0 Å². The van der Waals surface area contributed by atoms with Crippen LogP contribution in [0.25, 0.3) is 11.3 Å². The lowest BCUT2D eigenvalue weighted by atomic mass is 10.0. The van der Waals surface area contributed by atoms with Crippen LogP contribution in [0.5, 0.6) is 0 Å². The van der Waals surface area contributed by atoms with E-state index in [0.29, 0.717) is 16.9 Å². The monoisotopic (exact) mass is 378 g/mol. The number of carbonyl (C=O) groups is 1. The largest absolute Gasteiger partial charge is 0.481 e. The van der Waals surface area contributed by atoms with Crippen LogP contribution >= 0.6 is 22.9 Å². The molecule has 0 saturated heterocycles. The van der Waals surface area contributed by atoms with E-state index in [4.69, 9.17) is 21.7 Å². The Bertz CT molecular complexity index is 769. The first-order chi connectivity index (χ1) is 12.0. The van der Waals surface area contributed by atoms with Gasteiger partial charge in [-0.05, 0) is 32.3 Å². The first-order valence-electron chi connectivity index (χ1n) is 8.68. The van der Waals surface area contributed by atoms with Crippen molar-refractivity contribution in [1.82, 2.24) is 4.98 Å². The summed E-state index contributed by atoms with van der Waals surface area (Å²) >= 11 is 7.97. The second kappa shape index (κ2) is 7.75. The summed E-state index contributed by atoms with van der Waals surface area (Å²) in [7, 11) is 0. The summed E-state index contributed by atoms with van der Waals surface area (Å²) in [5.74, 6) is -0.778. The molecule has 0 aliphatic heterocycles. The number of aromatic nitrogens is 1. The smallest absolute Gasteiger partial charge is 0.305 e. The highest BCUT2D eigenvalue weighted by Gasteiger charge is 2.27. The molecule has 0 atom stereocenters. The first-order valence-corrected chi connectivity index (χ1v) is 9.87. The van der Waals surface area contributed by atoms with E-state index in [1.54, 1.807) is 0 Å². The maximum absolute atomic E-state index is 11.1. The van der Waals surface area contributed by atoms with E-state index in [1.807, 2.05) is 0 Å². The maximum Gasteiger partial charge on any atom is 0.305 e. The van der Waals surface area contributed by atoms with Gasteiger partial charge in [0, 0.05) is 18.2 Å². The van der Waals surface area contributed by atoms with Crippen LogP contribution in [0.15, 0.2) is 18.2 Å². The molecule has 1 saturated carbocycles. The van der Waals surface area contributed by atoms with E-state index >= 15 is 0 Å². The van der Waals surface area contributed by atoms with Crippen molar-refractivity contribution in [3.63, 3.8) is 0 Å². The van der Waals surface area contributed by atoms with Gasteiger partial charge in [0.15, 0.2) is 5.13 Å². The molecule has 2 aromatic rings. The highest BCUT2D eigenvalue weighted by molar-refractivity contribution is 7.20. The van der Waals surface area contributed by atoms with Crippen molar-refractivity contribution in [2.45, 2.75) is 52.0 Å². The van der Waals surface area contributed by atoms with Crippen LogP contribution in [-0.4, -0.2) is 28.6 Å². The minimum absolute atomic E-state index is 0.118. The zero-order valence-electron chi connectivity index (χ0n) is 14.6. The van der Waals surface area contributed by atoms with E-state index in [9.17, 15) is 4.79 Å². The third kappa shape index (κ3) is 4.15. The Morgan fingerprint density at radius 3 is 2.72 bits per heavy atom. The Morgan fingerprint density at radius 2 is 2.08 bits per heavy atom. The lowest BCUT2D eigenvalue weighted by Gasteiger charge is -2.27. The summed E-state index contributed by atoms with van der Waals surface area (Å²) in [6, 6.07) is 6.63. The third-order valence-corrected chi connectivity index (χ3v) is 6.08. The second-order valence-electron chi connectivity index (χ2n) is 6.71. The molecule has 1 aliphatic rings. The number of rotatable bonds is 6. The van der Waals surface area contributed by atoms with Crippen LogP contribution in [0.4, 0.5) is 5.13 Å². The quantitative estimate of drug-likeness (QED) is 0.740. The van der Waals surface area contributed by atoms with Crippen molar-refractivity contribution in [2.75, 3.05) is 11.4 Å². The zero-order chi connectivity index (χ0) is 18.0. The van der Waals surface area contributed by atoms with Gasteiger partial charge in [0.2, 0.25) is 0 Å². The summed E-state index contributed by atoms with van der Waals surface area (Å²) in [4.78, 5) is 18.0. The van der Waals surface area contributed by atoms with Crippen LogP contribution in [-0.2, 0) is 4.79 Å². The molecule has 134 valence electrons. The minimum Gasteiger partial charge on any atom is -0.481 e.